The molecule has 0 saturated heterocycles. The number of rotatable bonds is 9. The van der Waals surface area contributed by atoms with Gasteiger partial charge in [0.05, 0.1) is 16.6 Å². The Balaban J connectivity index is 1.82. The van der Waals surface area contributed by atoms with Crippen molar-refractivity contribution in [2.75, 3.05) is 5.32 Å². The van der Waals surface area contributed by atoms with Gasteiger partial charge in [0.25, 0.3) is 5.56 Å². The molecule has 0 aliphatic rings. The molecule has 6 nitrogen and oxygen atoms in total. The molecular formula is C20H24N4O2S2. The van der Waals surface area contributed by atoms with Gasteiger partial charge in [0.2, 0.25) is 5.91 Å². The summed E-state index contributed by atoms with van der Waals surface area (Å²) in [4.78, 5) is 33.3. The first kappa shape index (κ1) is 20.5. The Hall–Kier alpha value is -2.19. The van der Waals surface area contributed by atoms with E-state index < -0.39 is 0 Å². The van der Waals surface area contributed by atoms with Gasteiger partial charge in [-0.1, -0.05) is 50.1 Å². The Bertz CT molecular complexity index is 1010. The van der Waals surface area contributed by atoms with Crippen molar-refractivity contribution in [2.45, 2.75) is 57.0 Å². The topological polar surface area (TPSA) is 76.9 Å². The molecule has 2 aromatic heterocycles. The number of thioether (sulfide) groups is 1. The SMILES string of the molecule is CCCCCCn1c(SCc2csc(NC(C)=O)n2)nc2ccccc2c1=O. The second kappa shape index (κ2) is 9.84. The van der Waals surface area contributed by atoms with Crippen LogP contribution in [0.4, 0.5) is 5.13 Å². The predicted octanol–water partition coefficient (Wildman–Crippen LogP) is 4.68. The highest BCUT2D eigenvalue weighted by Crippen LogP contribution is 2.25. The second-order valence-electron chi connectivity index (χ2n) is 6.54. The fourth-order valence-electron chi connectivity index (χ4n) is 2.87. The van der Waals surface area contributed by atoms with E-state index in [1.165, 1.54) is 36.4 Å². The van der Waals surface area contributed by atoms with Crippen LogP contribution in [0.3, 0.4) is 0 Å². The van der Waals surface area contributed by atoms with Crippen LogP contribution in [0, 0.1) is 0 Å². The number of aromatic nitrogens is 3. The lowest BCUT2D eigenvalue weighted by Gasteiger charge is -2.12. The van der Waals surface area contributed by atoms with Gasteiger partial charge >= 0.3 is 0 Å². The fraction of sp³-hybridized carbons (Fsp3) is 0.400. The van der Waals surface area contributed by atoms with E-state index in [0.717, 1.165) is 30.5 Å². The molecule has 0 aliphatic heterocycles. The smallest absolute Gasteiger partial charge is 0.262 e. The van der Waals surface area contributed by atoms with E-state index in [9.17, 15) is 9.59 Å². The Morgan fingerprint density at radius 1 is 1.21 bits per heavy atom. The molecule has 0 aliphatic carbocycles. The van der Waals surface area contributed by atoms with Crippen molar-refractivity contribution in [2.24, 2.45) is 0 Å². The average molecular weight is 417 g/mol. The predicted molar refractivity (Wildman–Crippen MR) is 116 cm³/mol. The van der Waals surface area contributed by atoms with E-state index in [1.807, 2.05) is 29.6 Å². The summed E-state index contributed by atoms with van der Waals surface area (Å²) < 4.78 is 1.80. The Morgan fingerprint density at radius 2 is 2.04 bits per heavy atom. The van der Waals surface area contributed by atoms with Gasteiger partial charge in [0, 0.05) is 24.6 Å². The van der Waals surface area contributed by atoms with Crippen molar-refractivity contribution in [3.63, 3.8) is 0 Å². The quantitative estimate of drug-likeness (QED) is 0.311. The number of hydrogen-bond acceptors (Lipinski definition) is 6. The molecule has 3 rings (SSSR count). The Kier molecular flexibility index (Phi) is 7.22. The van der Waals surface area contributed by atoms with Gasteiger partial charge < -0.3 is 5.32 Å². The van der Waals surface area contributed by atoms with Crippen molar-refractivity contribution < 1.29 is 4.79 Å². The molecule has 0 fully saturated rings. The van der Waals surface area contributed by atoms with Crippen LogP contribution in [0.2, 0.25) is 0 Å². The number of thiazole rings is 1. The van der Waals surface area contributed by atoms with Gasteiger partial charge in [-0.2, -0.15) is 0 Å². The lowest BCUT2D eigenvalue weighted by atomic mass is 10.2. The van der Waals surface area contributed by atoms with Gasteiger partial charge in [-0.25, -0.2) is 9.97 Å². The number of nitrogens with zero attached hydrogens (tertiary/aromatic N) is 3. The molecule has 1 amide bonds. The van der Waals surface area contributed by atoms with Crippen molar-refractivity contribution in [3.05, 3.63) is 45.7 Å². The summed E-state index contributed by atoms with van der Waals surface area (Å²) in [7, 11) is 0. The van der Waals surface area contributed by atoms with Gasteiger partial charge in [-0.05, 0) is 18.6 Å². The maximum Gasteiger partial charge on any atom is 0.262 e. The third kappa shape index (κ3) is 5.20. The van der Waals surface area contributed by atoms with Crippen LogP contribution in [-0.2, 0) is 17.1 Å². The van der Waals surface area contributed by atoms with Crippen LogP contribution in [0.1, 0.15) is 45.2 Å². The van der Waals surface area contributed by atoms with Crippen molar-refractivity contribution in [3.8, 4) is 0 Å². The maximum absolute atomic E-state index is 13.0. The highest BCUT2D eigenvalue weighted by molar-refractivity contribution is 7.98. The fourth-order valence-corrected chi connectivity index (χ4v) is 4.65. The number of carbonyl (C=O) groups is 1. The Morgan fingerprint density at radius 3 is 2.82 bits per heavy atom. The Labute approximate surface area is 172 Å². The van der Waals surface area contributed by atoms with E-state index in [1.54, 1.807) is 4.57 Å². The van der Waals surface area contributed by atoms with Gasteiger partial charge in [0.1, 0.15) is 0 Å². The van der Waals surface area contributed by atoms with Crippen LogP contribution in [0.5, 0.6) is 0 Å². The molecule has 148 valence electrons. The summed E-state index contributed by atoms with van der Waals surface area (Å²) in [6.45, 7) is 4.31. The molecule has 3 aromatic rings. The molecule has 28 heavy (non-hydrogen) atoms. The maximum atomic E-state index is 13.0. The van der Waals surface area contributed by atoms with Crippen LogP contribution < -0.4 is 10.9 Å². The lowest BCUT2D eigenvalue weighted by molar-refractivity contribution is -0.114. The third-order valence-electron chi connectivity index (χ3n) is 4.25. The number of carbonyl (C=O) groups excluding carboxylic acids is 1. The van der Waals surface area contributed by atoms with Crippen molar-refractivity contribution in [1.29, 1.82) is 0 Å². The van der Waals surface area contributed by atoms with Crippen LogP contribution in [-0.4, -0.2) is 20.4 Å². The number of amides is 1. The highest BCUT2D eigenvalue weighted by Gasteiger charge is 2.12. The van der Waals surface area contributed by atoms with Gasteiger partial charge in [-0.3, -0.25) is 14.2 Å². The minimum Gasteiger partial charge on any atom is -0.302 e. The molecular weight excluding hydrogens is 392 g/mol. The number of anilines is 1. The van der Waals surface area contributed by atoms with E-state index in [4.69, 9.17) is 4.98 Å². The number of unbranched alkanes of at least 4 members (excludes halogenated alkanes) is 3. The molecule has 0 bridgehead atoms. The third-order valence-corrected chi connectivity index (χ3v) is 6.06. The van der Waals surface area contributed by atoms with Gasteiger partial charge in [0.15, 0.2) is 10.3 Å². The van der Waals surface area contributed by atoms with E-state index in [0.29, 0.717) is 28.0 Å². The van der Waals surface area contributed by atoms with Gasteiger partial charge in [-0.15, -0.1) is 11.3 Å². The number of nitrogens with one attached hydrogen (secondary N) is 1. The molecule has 1 aromatic carbocycles. The van der Waals surface area contributed by atoms with Crippen molar-refractivity contribution in [1.82, 2.24) is 14.5 Å². The molecule has 0 spiro atoms. The second-order valence-corrected chi connectivity index (χ2v) is 8.34. The number of fused-ring (bicyclic) bond motifs is 1. The molecule has 0 radical (unpaired) electrons. The lowest BCUT2D eigenvalue weighted by Crippen LogP contribution is -2.23. The molecule has 0 unspecified atom stereocenters. The standard InChI is InChI=1S/C20H24N4O2S2/c1-3-4-5-8-11-24-18(26)16-9-6-7-10-17(16)23-20(24)28-13-15-12-27-19(22-15)21-14(2)25/h6-7,9-10,12H,3-5,8,11,13H2,1-2H3,(H,21,22,25). The summed E-state index contributed by atoms with van der Waals surface area (Å²) in [5, 5.41) is 6.58. The molecule has 0 atom stereocenters. The minimum absolute atomic E-state index is 0.0156. The summed E-state index contributed by atoms with van der Waals surface area (Å²) in [6, 6.07) is 7.48. The van der Waals surface area contributed by atoms with E-state index >= 15 is 0 Å². The first-order valence-corrected chi connectivity index (χ1v) is 11.3. The van der Waals surface area contributed by atoms with E-state index in [-0.39, 0.29) is 11.5 Å². The molecule has 1 N–H and O–H groups in total. The monoisotopic (exact) mass is 416 g/mol. The molecule has 0 saturated carbocycles. The summed E-state index contributed by atoms with van der Waals surface area (Å²) in [5.74, 6) is 0.459. The zero-order valence-electron chi connectivity index (χ0n) is 16.1. The highest BCUT2D eigenvalue weighted by atomic mass is 32.2. The minimum atomic E-state index is -0.134. The van der Waals surface area contributed by atoms with E-state index in [2.05, 4.69) is 17.2 Å². The van der Waals surface area contributed by atoms with Crippen LogP contribution >= 0.6 is 23.1 Å². The molecule has 8 heteroatoms. The van der Waals surface area contributed by atoms with Crippen LogP contribution in [0.25, 0.3) is 10.9 Å². The summed E-state index contributed by atoms with van der Waals surface area (Å²) in [5.41, 5.74) is 1.59. The van der Waals surface area contributed by atoms with Crippen molar-refractivity contribution >= 4 is 45.0 Å². The summed E-state index contributed by atoms with van der Waals surface area (Å²) >= 11 is 2.91. The normalized spacial score (nSPS) is 11.1. The number of hydrogen-bond donors (Lipinski definition) is 1. The number of benzene rings is 1. The first-order valence-electron chi connectivity index (χ1n) is 9.43. The largest absolute Gasteiger partial charge is 0.302 e. The zero-order chi connectivity index (χ0) is 19.9. The first-order chi connectivity index (χ1) is 13.6. The zero-order valence-corrected chi connectivity index (χ0v) is 17.7. The average Bonchev–Trinajstić information content (AvgIpc) is 3.12. The molecule has 2 heterocycles. The summed E-state index contributed by atoms with van der Waals surface area (Å²) in [6.07, 6.45) is 4.40. The number of para-hydroxylation sites is 1. The van der Waals surface area contributed by atoms with Crippen LogP contribution in [0.15, 0.2) is 39.6 Å².